The number of hydrogen-bond donors (Lipinski definition) is 1. The summed E-state index contributed by atoms with van der Waals surface area (Å²) in [7, 11) is 0. The van der Waals surface area contributed by atoms with Gasteiger partial charge in [0, 0.05) is 24.7 Å². The maximum Gasteiger partial charge on any atom is 0.238 e. The van der Waals surface area contributed by atoms with Crippen molar-refractivity contribution in [3.63, 3.8) is 0 Å². The second-order valence-electron chi connectivity index (χ2n) is 7.06. The molecule has 2 aromatic carbocycles. The Bertz CT molecular complexity index is 779. The van der Waals surface area contributed by atoms with Crippen LogP contribution in [0.3, 0.4) is 0 Å². The van der Waals surface area contributed by atoms with E-state index in [-0.39, 0.29) is 5.91 Å². The Labute approximate surface area is 171 Å². The Morgan fingerprint density at radius 1 is 1.00 bits per heavy atom. The number of benzene rings is 2. The van der Waals surface area contributed by atoms with Crippen molar-refractivity contribution in [2.24, 2.45) is 0 Å². The van der Waals surface area contributed by atoms with Crippen LogP contribution in [-0.4, -0.2) is 48.4 Å². The van der Waals surface area contributed by atoms with Crippen molar-refractivity contribution in [3.8, 4) is 0 Å². The van der Waals surface area contributed by atoms with Gasteiger partial charge >= 0.3 is 0 Å². The molecule has 3 rings (SSSR count). The summed E-state index contributed by atoms with van der Waals surface area (Å²) >= 11 is 12.2. The molecule has 0 aliphatic carbocycles. The first-order chi connectivity index (χ1) is 13.0. The lowest BCUT2D eigenvalue weighted by Crippen LogP contribution is -2.36. The van der Waals surface area contributed by atoms with E-state index >= 15 is 0 Å². The van der Waals surface area contributed by atoms with E-state index in [0.29, 0.717) is 17.3 Å². The van der Waals surface area contributed by atoms with Crippen LogP contribution in [0.4, 0.5) is 5.69 Å². The van der Waals surface area contributed by atoms with Gasteiger partial charge < -0.3 is 5.32 Å². The van der Waals surface area contributed by atoms with E-state index in [4.69, 9.17) is 23.2 Å². The number of anilines is 1. The van der Waals surface area contributed by atoms with E-state index in [2.05, 4.69) is 27.2 Å². The smallest absolute Gasteiger partial charge is 0.238 e. The lowest BCUT2D eigenvalue weighted by atomic mass is 10.2. The molecule has 0 saturated carbocycles. The van der Waals surface area contributed by atoms with Crippen LogP contribution in [0, 0.1) is 6.92 Å². The molecule has 6 heteroatoms. The zero-order valence-corrected chi connectivity index (χ0v) is 17.1. The summed E-state index contributed by atoms with van der Waals surface area (Å²) in [6, 6.07) is 13.7. The van der Waals surface area contributed by atoms with Gasteiger partial charge in [-0.2, -0.15) is 0 Å². The molecular formula is C21H25Cl2N3O. The molecule has 1 amide bonds. The highest BCUT2D eigenvalue weighted by molar-refractivity contribution is 6.33. The highest BCUT2D eigenvalue weighted by Crippen LogP contribution is 2.22. The van der Waals surface area contributed by atoms with Crippen LogP contribution in [0.25, 0.3) is 0 Å². The summed E-state index contributed by atoms with van der Waals surface area (Å²) in [5.74, 6) is -0.0214. The zero-order valence-electron chi connectivity index (χ0n) is 15.5. The summed E-state index contributed by atoms with van der Waals surface area (Å²) in [5, 5.41) is 4.26. The van der Waals surface area contributed by atoms with Gasteiger partial charge in [-0.25, -0.2) is 0 Å². The Balaban J connectivity index is 1.48. The van der Waals surface area contributed by atoms with Gasteiger partial charge in [-0.1, -0.05) is 41.4 Å². The average Bonchev–Trinajstić information content (AvgIpc) is 2.85. The van der Waals surface area contributed by atoms with Crippen molar-refractivity contribution in [3.05, 3.63) is 63.6 Å². The molecule has 1 heterocycles. The normalized spacial score (nSPS) is 16.1. The lowest BCUT2D eigenvalue weighted by molar-refractivity contribution is -0.117. The SMILES string of the molecule is Cc1ccc(NC(=O)CN2CCCN(Cc3ccc(Cl)cc3)CC2)c(Cl)c1. The minimum atomic E-state index is -0.0214. The number of hydrogen-bond acceptors (Lipinski definition) is 3. The number of nitrogens with one attached hydrogen (secondary N) is 1. The monoisotopic (exact) mass is 405 g/mol. The van der Waals surface area contributed by atoms with Crippen LogP contribution < -0.4 is 5.32 Å². The number of carbonyl (C=O) groups is 1. The molecule has 0 spiro atoms. The number of nitrogens with zero attached hydrogens (tertiary/aromatic N) is 2. The predicted octanol–water partition coefficient (Wildman–Crippen LogP) is 4.45. The van der Waals surface area contributed by atoms with Crippen LogP contribution in [0.15, 0.2) is 42.5 Å². The van der Waals surface area contributed by atoms with Gasteiger partial charge in [-0.15, -0.1) is 0 Å². The number of halogens is 2. The molecule has 144 valence electrons. The van der Waals surface area contributed by atoms with E-state index in [1.54, 1.807) is 0 Å². The molecular weight excluding hydrogens is 381 g/mol. The molecule has 0 atom stereocenters. The fourth-order valence-electron chi connectivity index (χ4n) is 3.30. The first-order valence-corrected chi connectivity index (χ1v) is 10.0. The maximum atomic E-state index is 12.4. The minimum absolute atomic E-state index is 0.0214. The van der Waals surface area contributed by atoms with Crippen LogP contribution >= 0.6 is 23.2 Å². The van der Waals surface area contributed by atoms with Crippen LogP contribution in [-0.2, 0) is 11.3 Å². The maximum absolute atomic E-state index is 12.4. The van der Waals surface area contributed by atoms with Crippen molar-refractivity contribution in [1.82, 2.24) is 9.80 Å². The van der Waals surface area contributed by atoms with Gasteiger partial charge in [-0.05, 0) is 61.8 Å². The van der Waals surface area contributed by atoms with Crippen molar-refractivity contribution < 1.29 is 4.79 Å². The molecule has 1 fully saturated rings. The Kier molecular flexibility index (Phi) is 7.13. The molecule has 0 bridgehead atoms. The molecule has 0 aromatic heterocycles. The van der Waals surface area contributed by atoms with E-state index in [0.717, 1.165) is 49.7 Å². The lowest BCUT2D eigenvalue weighted by Gasteiger charge is -2.21. The van der Waals surface area contributed by atoms with E-state index < -0.39 is 0 Å². The third-order valence-corrected chi connectivity index (χ3v) is 5.33. The van der Waals surface area contributed by atoms with Crippen LogP contribution in [0.2, 0.25) is 10.0 Å². The van der Waals surface area contributed by atoms with Crippen LogP contribution in [0.1, 0.15) is 17.5 Å². The van der Waals surface area contributed by atoms with Crippen LogP contribution in [0.5, 0.6) is 0 Å². The summed E-state index contributed by atoms with van der Waals surface area (Å²) in [6.45, 7) is 7.06. The van der Waals surface area contributed by atoms with E-state index in [1.165, 1.54) is 5.56 Å². The number of carbonyl (C=O) groups excluding carboxylic acids is 1. The second kappa shape index (κ2) is 9.56. The molecule has 0 radical (unpaired) electrons. The van der Waals surface area contributed by atoms with Crippen molar-refractivity contribution in [2.75, 3.05) is 38.0 Å². The quantitative estimate of drug-likeness (QED) is 0.797. The fourth-order valence-corrected chi connectivity index (χ4v) is 3.71. The Morgan fingerprint density at radius 2 is 1.70 bits per heavy atom. The number of rotatable bonds is 5. The number of aryl methyl sites for hydroxylation is 1. The van der Waals surface area contributed by atoms with Gasteiger partial charge in [0.1, 0.15) is 0 Å². The standard InChI is InChI=1S/C21H25Cl2N3O/c1-16-3-8-20(19(23)13-16)24-21(27)15-26-10-2-9-25(11-12-26)14-17-4-6-18(22)7-5-17/h3-8,13H,2,9-12,14-15H2,1H3,(H,24,27). The Hall–Kier alpha value is -1.59. The summed E-state index contributed by atoms with van der Waals surface area (Å²) in [5.41, 5.74) is 3.01. The molecule has 1 saturated heterocycles. The van der Waals surface area contributed by atoms with Crippen molar-refractivity contribution >= 4 is 34.8 Å². The predicted molar refractivity (Wildman–Crippen MR) is 113 cm³/mol. The second-order valence-corrected chi connectivity index (χ2v) is 7.91. The topological polar surface area (TPSA) is 35.6 Å². The molecule has 1 aliphatic heterocycles. The summed E-state index contributed by atoms with van der Waals surface area (Å²) in [4.78, 5) is 17.0. The third-order valence-electron chi connectivity index (χ3n) is 4.77. The van der Waals surface area contributed by atoms with Crippen molar-refractivity contribution in [1.29, 1.82) is 0 Å². The first-order valence-electron chi connectivity index (χ1n) is 9.25. The molecule has 27 heavy (non-hydrogen) atoms. The fraction of sp³-hybridized carbons (Fsp3) is 0.381. The van der Waals surface area contributed by atoms with Crippen molar-refractivity contribution in [2.45, 2.75) is 19.9 Å². The minimum Gasteiger partial charge on any atom is -0.324 e. The number of amides is 1. The molecule has 0 unspecified atom stereocenters. The first kappa shape index (κ1) is 20.2. The van der Waals surface area contributed by atoms with Gasteiger partial charge in [0.05, 0.1) is 17.3 Å². The average molecular weight is 406 g/mol. The van der Waals surface area contributed by atoms with E-state index in [1.807, 2.05) is 37.3 Å². The highest BCUT2D eigenvalue weighted by Gasteiger charge is 2.17. The largest absolute Gasteiger partial charge is 0.324 e. The van der Waals surface area contributed by atoms with Gasteiger partial charge in [0.2, 0.25) is 5.91 Å². The summed E-state index contributed by atoms with van der Waals surface area (Å²) in [6.07, 6.45) is 1.05. The van der Waals surface area contributed by atoms with Gasteiger partial charge in [-0.3, -0.25) is 14.6 Å². The molecule has 1 aliphatic rings. The highest BCUT2D eigenvalue weighted by atomic mass is 35.5. The third kappa shape index (κ3) is 6.22. The van der Waals surface area contributed by atoms with E-state index in [9.17, 15) is 4.79 Å². The van der Waals surface area contributed by atoms with Gasteiger partial charge in [0.15, 0.2) is 0 Å². The molecule has 1 N–H and O–H groups in total. The molecule has 2 aromatic rings. The molecule has 4 nitrogen and oxygen atoms in total. The van der Waals surface area contributed by atoms with Gasteiger partial charge in [0.25, 0.3) is 0 Å². The summed E-state index contributed by atoms with van der Waals surface area (Å²) < 4.78 is 0. The Morgan fingerprint density at radius 3 is 2.44 bits per heavy atom. The zero-order chi connectivity index (χ0) is 19.2.